The van der Waals surface area contributed by atoms with Crippen molar-refractivity contribution in [3.63, 3.8) is 0 Å². The van der Waals surface area contributed by atoms with Crippen LogP contribution in [0.15, 0.2) is 62.0 Å². The van der Waals surface area contributed by atoms with Gasteiger partial charge in [0.25, 0.3) is 0 Å². The van der Waals surface area contributed by atoms with E-state index in [4.69, 9.17) is 4.74 Å². The zero-order valence-corrected chi connectivity index (χ0v) is 22.3. The summed E-state index contributed by atoms with van der Waals surface area (Å²) in [5, 5.41) is 14.6. The van der Waals surface area contributed by atoms with Gasteiger partial charge < -0.3 is 15.4 Å². The first kappa shape index (κ1) is 27.8. The molecule has 13 heteroatoms. The fourth-order valence-electron chi connectivity index (χ4n) is 3.56. The van der Waals surface area contributed by atoms with Crippen LogP contribution in [-0.2, 0) is 25.3 Å². The Morgan fingerprint density at radius 2 is 1.89 bits per heavy atom. The summed E-state index contributed by atoms with van der Waals surface area (Å²) in [6.45, 7) is 0. The third-order valence-electron chi connectivity index (χ3n) is 5.10. The van der Waals surface area contributed by atoms with Crippen LogP contribution in [0, 0.1) is 17.2 Å². The van der Waals surface area contributed by atoms with Crippen LogP contribution in [0.5, 0.6) is 0 Å². The number of thioether (sulfide) groups is 1. The molecule has 0 saturated carbocycles. The van der Waals surface area contributed by atoms with Crippen LogP contribution >= 0.6 is 43.6 Å². The Kier molecular flexibility index (Phi) is 8.86. The molecule has 0 saturated heterocycles. The second kappa shape index (κ2) is 11.5. The number of anilines is 1. The summed E-state index contributed by atoms with van der Waals surface area (Å²) in [5.74, 6) is -5.14. The van der Waals surface area contributed by atoms with Gasteiger partial charge in [0.15, 0.2) is 0 Å². The van der Waals surface area contributed by atoms with Gasteiger partial charge in [0.2, 0.25) is 11.8 Å². The molecule has 36 heavy (non-hydrogen) atoms. The van der Waals surface area contributed by atoms with Gasteiger partial charge in [-0.15, -0.1) is 0 Å². The number of carbonyl (C=O) groups excluding carboxylic acids is 3. The van der Waals surface area contributed by atoms with Crippen LogP contribution in [0.2, 0.25) is 0 Å². The lowest BCUT2D eigenvalue weighted by Crippen LogP contribution is -2.44. The van der Waals surface area contributed by atoms with Gasteiger partial charge in [-0.05, 0) is 35.9 Å². The van der Waals surface area contributed by atoms with Crippen molar-refractivity contribution in [3.8, 4) is 6.07 Å². The molecule has 2 amide bonds. The summed E-state index contributed by atoms with van der Waals surface area (Å²) in [4.78, 5) is 37.8. The number of nitriles is 1. The molecule has 0 aromatic heterocycles. The van der Waals surface area contributed by atoms with E-state index in [-0.39, 0.29) is 15.1 Å². The van der Waals surface area contributed by atoms with E-state index in [1.807, 2.05) is 6.07 Å². The number of ether oxygens (including phenoxy) is 1. The standard InChI is InChI=1S/C23H16Br2F3N3O4S/c1-35-22(34)19-18(11-3-2-4-12(24)7-11)14(9-29)21(31-20(19)33)36-10-17(32)30-16-6-5-13(25)8-15(16)23(26,27)28/h2-8,18-19H,10H2,1H3,(H,30,32)(H,31,33)/t18-,19-/m1/s1. The largest absolute Gasteiger partial charge is 0.468 e. The highest BCUT2D eigenvalue weighted by Crippen LogP contribution is 2.41. The maximum Gasteiger partial charge on any atom is 0.418 e. The second-order valence-electron chi connectivity index (χ2n) is 7.40. The number of amides is 2. The third kappa shape index (κ3) is 6.29. The number of rotatable bonds is 6. The van der Waals surface area contributed by atoms with Crippen LogP contribution < -0.4 is 10.6 Å². The van der Waals surface area contributed by atoms with Crippen LogP contribution in [0.1, 0.15) is 17.0 Å². The number of hydrogen-bond donors (Lipinski definition) is 2. The molecule has 0 bridgehead atoms. The van der Waals surface area contributed by atoms with Crippen molar-refractivity contribution in [2.45, 2.75) is 12.1 Å². The predicted octanol–water partition coefficient (Wildman–Crippen LogP) is 5.34. The Morgan fingerprint density at radius 3 is 2.50 bits per heavy atom. The van der Waals surface area contributed by atoms with Crippen molar-refractivity contribution >= 4 is 67.1 Å². The molecule has 3 rings (SSSR count). The molecular weight excluding hydrogens is 631 g/mol. The molecule has 0 fully saturated rings. The fourth-order valence-corrected chi connectivity index (χ4v) is 5.19. The van der Waals surface area contributed by atoms with Gasteiger partial charge in [-0.3, -0.25) is 14.4 Å². The van der Waals surface area contributed by atoms with E-state index in [0.717, 1.165) is 31.0 Å². The average molecular weight is 647 g/mol. The van der Waals surface area contributed by atoms with E-state index in [1.165, 1.54) is 6.07 Å². The Morgan fingerprint density at radius 1 is 1.19 bits per heavy atom. The maximum absolute atomic E-state index is 13.3. The molecule has 7 nitrogen and oxygen atoms in total. The minimum atomic E-state index is -4.70. The van der Waals surface area contributed by atoms with Gasteiger partial charge in [-0.1, -0.05) is 55.8 Å². The van der Waals surface area contributed by atoms with Crippen molar-refractivity contribution < 1.29 is 32.3 Å². The first-order valence-corrected chi connectivity index (χ1v) is 12.6. The van der Waals surface area contributed by atoms with Gasteiger partial charge in [0.05, 0.1) is 40.8 Å². The molecule has 1 heterocycles. The highest BCUT2D eigenvalue weighted by molar-refractivity contribution is 9.10. The molecule has 2 atom stereocenters. The van der Waals surface area contributed by atoms with Crippen molar-refractivity contribution in [2.24, 2.45) is 5.92 Å². The Labute approximate surface area is 224 Å². The first-order chi connectivity index (χ1) is 17.0. The average Bonchev–Trinajstić information content (AvgIpc) is 2.82. The molecule has 0 aliphatic carbocycles. The van der Waals surface area contributed by atoms with Gasteiger partial charge in [-0.2, -0.15) is 18.4 Å². The van der Waals surface area contributed by atoms with Gasteiger partial charge in [0, 0.05) is 14.9 Å². The lowest BCUT2D eigenvalue weighted by atomic mass is 9.78. The molecular formula is C23H16Br2F3N3O4S. The second-order valence-corrected chi connectivity index (χ2v) is 10.2. The number of benzene rings is 2. The summed E-state index contributed by atoms with van der Waals surface area (Å²) >= 11 is 7.06. The van der Waals surface area contributed by atoms with Crippen molar-refractivity contribution in [2.75, 3.05) is 18.2 Å². The lowest BCUT2D eigenvalue weighted by Gasteiger charge is -2.31. The van der Waals surface area contributed by atoms with E-state index in [9.17, 15) is 32.8 Å². The highest BCUT2D eigenvalue weighted by Gasteiger charge is 2.44. The van der Waals surface area contributed by atoms with Crippen molar-refractivity contribution in [3.05, 3.63) is 73.1 Å². The van der Waals surface area contributed by atoms with Crippen LogP contribution in [0.3, 0.4) is 0 Å². The number of hydrogen-bond acceptors (Lipinski definition) is 6. The molecule has 2 aromatic rings. The zero-order chi connectivity index (χ0) is 26.6. The van der Waals surface area contributed by atoms with E-state index in [2.05, 4.69) is 42.5 Å². The number of carbonyl (C=O) groups is 3. The number of alkyl halides is 3. The fraction of sp³-hybridized carbons (Fsp3) is 0.217. The quantitative estimate of drug-likeness (QED) is 0.324. The van der Waals surface area contributed by atoms with Gasteiger partial charge in [-0.25, -0.2) is 0 Å². The minimum Gasteiger partial charge on any atom is -0.468 e. The molecule has 1 aliphatic rings. The third-order valence-corrected chi connectivity index (χ3v) is 7.10. The van der Waals surface area contributed by atoms with Gasteiger partial charge >= 0.3 is 12.1 Å². The maximum atomic E-state index is 13.3. The Bertz CT molecular complexity index is 1290. The molecule has 0 spiro atoms. The van der Waals surface area contributed by atoms with Crippen LogP contribution in [0.25, 0.3) is 0 Å². The van der Waals surface area contributed by atoms with Crippen LogP contribution in [0.4, 0.5) is 18.9 Å². The van der Waals surface area contributed by atoms with Crippen LogP contribution in [-0.4, -0.2) is 30.6 Å². The van der Waals surface area contributed by atoms with Crippen molar-refractivity contribution in [1.82, 2.24) is 5.32 Å². The van der Waals surface area contributed by atoms with Crippen molar-refractivity contribution in [1.29, 1.82) is 5.26 Å². The monoisotopic (exact) mass is 645 g/mol. The van der Waals surface area contributed by atoms with E-state index in [1.54, 1.807) is 24.3 Å². The predicted molar refractivity (Wildman–Crippen MR) is 133 cm³/mol. The molecule has 1 aliphatic heterocycles. The normalized spacial score (nSPS) is 17.8. The number of nitrogens with zero attached hydrogens (tertiary/aromatic N) is 1. The molecule has 0 radical (unpaired) electrons. The number of nitrogens with one attached hydrogen (secondary N) is 2. The Balaban J connectivity index is 1.90. The zero-order valence-electron chi connectivity index (χ0n) is 18.3. The molecule has 188 valence electrons. The summed E-state index contributed by atoms with van der Waals surface area (Å²) < 4.78 is 45.7. The van der Waals surface area contributed by atoms with E-state index >= 15 is 0 Å². The number of esters is 1. The topological polar surface area (TPSA) is 108 Å². The van der Waals surface area contributed by atoms with E-state index < -0.39 is 52.8 Å². The molecule has 0 unspecified atom stereocenters. The first-order valence-electron chi connectivity index (χ1n) is 10.0. The highest BCUT2D eigenvalue weighted by atomic mass is 79.9. The molecule has 2 N–H and O–H groups in total. The number of halogens is 5. The van der Waals surface area contributed by atoms with E-state index in [0.29, 0.717) is 10.0 Å². The SMILES string of the molecule is COC(=O)[C@H]1C(=O)NC(SCC(=O)Nc2ccc(Br)cc2C(F)(F)F)=C(C#N)[C@H]1c1cccc(Br)c1. The number of methoxy groups -OCH3 is 1. The Hall–Kier alpha value is -2.82. The molecule has 2 aromatic carbocycles. The number of allylic oxidation sites excluding steroid dienone is 1. The van der Waals surface area contributed by atoms with Gasteiger partial charge in [0.1, 0.15) is 5.92 Å². The minimum absolute atomic E-state index is 0.0144. The lowest BCUT2D eigenvalue weighted by molar-refractivity contribution is -0.150. The summed E-state index contributed by atoms with van der Waals surface area (Å²) in [6, 6.07) is 12.0. The summed E-state index contributed by atoms with van der Waals surface area (Å²) in [6.07, 6.45) is -4.70. The summed E-state index contributed by atoms with van der Waals surface area (Å²) in [5.41, 5.74) is -0.969. The summed E-state index contributed by atoms with van der Waals surface area (Å²) in [7, 11) is 1.12. The smallest absolute Gasteiger partial charge is 0.418 e.